The maximum atomic E-state index is 14.1. The van der Waals surface area contributed by atoms with Crippen molar-refractivity contribution in [3.05, 3.63) is 82.8 Å². The highest BCUT2D eigenvalue weighted by Gasteiger charge is 2.45. The number of ketones is 1. The van der Waals surface area contributed by atoms with Crippen molar-refractivity contribution in [1.82, 2.24) is 30.1 Å². The fraction of sp³-hybridized carbons (Fsp3) is 0.451. The summed E-state index contributed by atoms with van der Waals surface area (Å²) in [6.07, 6.45) is -1.68. The number of amides is 3. The SMILES string of the molecule is CCc1cc(-c2oncc2-c2ccc(OC)c(OC(=O)N3CCN(CCNC(=O)O[C@H]4CC[C@H](Nc5cc(-n6nc(C(F)(F)F)c7c6CC(C)(C)CC7=O)ccc5C(N)=O)CC4)CC3)c2)cc(OC)c1OC. The fourth-order valence-corrected chi connectivity index (χ4v) is 9.74. The molecule has 1 aliphatic heterocycles. The molecule has 3 amide bonds. The van der Waals surface area contributed by atoms with Crippen molar-refractivity contribution in [2.75, 3.05) is 65.9 Å². The molecular weight excluding hydrogens is 942 g/mol. The van der Waals surface area contributed by atoms with E-state index in [1.807, 2.05) is 39.0 Å². The Hall–Kier alpha value is -7.29. The second-order valence-electron chi connectivity index (χ2n) is 18.9. The van der Waals surface area contributed by atoms with Crippen LogP contribution in [0.2, 0.25) is 0 Å². The van der Waals surface area contributed by atoms with E-state index < -0.39 is 46.7 Å². The summed E-state index contributed by atoms with van der Waals surface area (Å²) in [6.45, 7) is 8.39. The first-order chi connectivity index (χ1) is 34.4. The molecule has 8 rings (SSSR count). The second kappa shape index (κ2) is 21.2. The van der Waals surface area contributed by atoms with Crippen molar-refractivity contribution in [3.8, 4) is 51.1 Å². The normalized spacial score (nSPS) is 18.0. The zero-order valence-corrected chi connectivity index (χ0v) is 41.1. The number of nitrogens with zero attached hydrogens (tertiary/aromatic N) is 5. The van der Waals surface area contributed by atoms with Crippen LogP contribution in [0, 0.1) is 5.41 Å². The summed E-state index contributed by atoms with van der Waals surface area (Å²) in [5, 5.41) is 14.1. The monoisotopic (exact) mass is 1000 g/mol. The van der Waals surface area contributed by atoms with E-state index in [-0.39, 0.29) is 47.7 Å². The van der Waals surface area contributed by atoms with Crippen LogP contribution in [0.25, 0.3) is 28.1 Å². The van der Waals surface area contributed by atoms with Crippen molar-refractivity contribution >= 4 is 29.6 Å². The number of carbonyl (C=O) groups excluding carboxylic acids is 4. The highest BCUT2D eigenvalue weighted by molar-refractivity contribution is 6.01. The summed E-state index contributed by atoms with van der Waals surface area (Å²) < 4.78 is 77.6. The van der Waals surface area contributed by atoms with Crippen LogP contribution in [0.1, 0.15) is 90.5 Å². The van der Waals surface area contributed by atoms with E-state index in [0.717, 1.165) is 15.8 Å². The molecule has 0 unspecified atom stereocenters. The van der Waals surface area contributed by atoms with Gasteiger partial charge in [-0.1, -0.05) is 32.0 Å². The predicted octanol–water partition coefficient (Wildman–Crippen LogP) is 8.32. The number of piperazine rings is 1. The molecular formula is C51H59F3N8O10. The van der Waals surface area contributed by atoms with E-state index in [1.54, 1.807) is 37.4 Å². The Morgan fingerprint density at radius 1 is 0.889 bits per heavy atom. The van der Waals surface area contributed by atoms with Gasteiger partial charge in [0.15, 0.2) is 40.2 Å². The van der Waals surface area contributed by atoms with Crippen LogP contribution in [0.5, 0.6) is 23.0 Å². The van der Waals surface area contributed by atoms with E-state index in [1.165, 1.54) is 25.3 Å². The zero-order chi connectivity index (χ0) is 51.5. The molecule has 0 radical (unpaired) electrons. The number of ether oxygens (including phenoxy) is 5. The number of alkyl halides is 3. The molecule has 5 aromatic rings. The number of hydrogen-bond acceptors (Lipinski definition) is 14. The Kier molecular flexibility index (Phi) is 15.0. The molecule has 4 N–H and O–H groups in total. The second-order valence-corrected chi connectivity index (χ2v) is 18.9. The number of aryl methyl sites for hydroxylation is 1. The minimum Gasteiger partial charge on any atom is -0.493 e. The number of nitrogens with one attached hydrogen (secondary N) is 2. The number of hydrogen-bond donors (Lipinski definition) is 3. The van der Waals surface area contributed by atoms with Crippen LogP contribution >= 0.6 is 0 Å². The van der Waals surface area contributed by atoms with E-state index in [9.17, 15) is 32.3 Å². The summed E-state index contributed by atoms with van der Waals surface area (Å²) in [4.78, 5) is 55.5. The average Bonchev–Trinajstić information content (AvgIpc) is 4.00. The summed E-state index contributed by atoms with van der Waals surface area (Å²) in [5.41, 5.74) is 7.38. The number of nitrogens with two attached hydrogens (primary N) is 1. The van der Waals surface area contributed by atoms with Gasteiger partial charge in [-0.2, -0.15) is 18.3 Å². The van der Waals surface area contributed by atoms with Gasteiger partial charge in [-0.15, -0.1) is 0 Å². The lowest BCUT2D eigenvalue weighted by Crippen LogP contribution is -2.51. The molecule has 1 saturated carbocycles. The lowest BCUT2D eigenvalue weighted by atomic mass is 9.75. The third kappa shape index (κ3) is 11.1. The molecule has 3 heterocycles. The third-order valence-electron chi connectivity index (χ3n) is 13.4. The molecule has 1 saturated heterocycles. The number of primary amides is 1. The topological polar surface area (TPSA) is 215 Å². The van der Waals surface area contributed by atoms with Crippen LogP contribution in [0.15, 0.2) is 59.3 Å². The van der Waals surface area contributed by atoms with Gasteiger partial charge in [0.2, 0.25) is 0 Å². The molecule has 72 heavy (non-hydrogen) atoms. The Morgan fingerprint density at radius 3 is 2.28 bits per heavy atom. The van der Waals surface area contributed by atoms with Gasteiger partial charge in [-0.05, 0) is 97.5 Å². The highest BCUT2D eigenvalue weighted by Crippen LogP contribution is 2.44. The van der Waals surface area contributed by atoms with Gasteiger partial charge in [0.25, 0.3) is 5.91 Å². The maximum Gasteiger partial charge on any atom is 0.435 e. The molecule has 2 fully saturated rings. The van der Waals surface area contributed by atoms with E-state index in [2.05, 4.69) is 25.8 Å². The van der Waals surface area contributed by atoms with Crippen molar-refractivity contribution in [1.29, 1.82) is 0 Å². The molecule has 0 atom stereocenters. The largest absolute Gasteiger partial charge is 0.493 e. The van der Waals surface area contributed by atoms with Crippen LogP contribution in [-0.2, 0) is 23.8 Å². The molecule has 384 valence electrons. The Labute approximate surface area is 414 Å². The van der Waals surface area contributed by atoms with E-state index in [4.69, 9.17) is 33.9 Å². The minimum atomic E-state index is -4.84. The lowest BCUT2D eigenvalue weighted by molar-refractivity contribution is -0.141. The Balaban J connectivity index is 0.801. The number of halogens is 3. The standard InChI is InChI=1S/C51H59F3N8O10/c1-7-29-22-31(24-42(68-5)45(29)69-6)44-36(28-57-72-44)30-8-15-40(67-4)41(23-30)71-49(66)61-20-18-60(19-21-61)17-16-56-48(65)70-34-12-9-32(10-13-34)58-37-25-33(11-14-35(37)47(55)64)62-38-26-50(2,3)27-39(63)43(38)46(59-62)51(52,53)54/h8,11,14-15,22-25,28,32,34,58H,7,9-10,12-13,16-21,26-27H2,1-6H3,(H2,55,64)(H,56,65)/t32-,34-. The van der Waals surface area contributed by atoms with Gasteiger partial charge in [-0.25, -0.2) is 14.3 Å². The first-order valence-corrected chi connectivity index (χ1v) is 23.8. The minimum absolute atomic E-state index is 0.0371. The van der Waals surface area contributed by atoms with Gasteiger partial charge in [-0.3, -0.25) is 14.5 Å². The summed E-state index contributed by atoms with van der Waals surface area (Å²) >= 11 is 0. The number of carbonyl (C=O) groups is 4. The van der Waals surface area contributed by atoms with Crippen molar-refractivity contribution < 1.29 is 60.6 Å². The average molecular weight is 1000 g/mol. The maximum absolute atomic E-state index is 14.1. The quantitative estimate of drug-likeness (QED) is 0.0900. The Bertz CT molecular complexity index is 2800. The fourth-order valence-electron chi connectivity index (χ4n) is 9.74. The number of benzene rings is 3. The first-order valence-electron chi connectivity index (χ1n) is 23.8. The molecule has 18 nitrogen and oxygen atoms in total. The number of methoxy groups -OCH3 is 3. The smallest absolute Gasteiger partial charge is 0.435 e. The lowest BCUT2D eigenvalue weighted by Gasteiger charge is -2.34. The summed E-state index contributed by atoms with van der Waals surface area (Å²) in [6, 6.07) is 13.3. The number of fused-ring (bicyclic) bond motifs is 1. The highest BCUT2D eigenvalue weighted by atomic mass is 19.4. The summed E-state index contributed by atoms with van der Waals surface area (Å²) in [5.74, 6) is 0.962. The summed E-state index contributed by atoms with van der Waals surface area (Å²) in [7, 11) is 4.67. The number of alkyl carbamates (subject to hydrolysis) is 1. The number of anilines is 1. The Morgan fingerprint density at radius 2 is 1.61 bits per heavy atom. The van der Waals surface area contributed by atoms with E-state index >= 15 is 0 Å². The van der Waals surface area contributed by atoms with Gasteiger partial charge >= 0.3 is 18.4 Å². The van der Waals surface area contributed by atoms with Gasteiger partial charge < -0.3 is 49.5 Å². The van der Waals surface area contributed by atoms with E-state index in [0.29, 0.717) is 111 Å². The zero-order valence-electron chi connectivity index (χ0n) is 41.1. The molecule has 3 aromatic carbocycles. The number of Topliss-reactive ketones (excluding diaryl/α,β-unsaturated/α-hetero) is 1. The first kappa shape index (κ1) is 51.1. The van der Waals surface area contributed by atoms with Crippen LogP contribution in [-0.4, -0.2) is 121 Å². The van der Waals surface area contributed by atoms with Crippen LogP contribution in [0.3, 0.4) is 0 Å². The molecule has 3 aliphatic rings. The van der Waals surface area contributed by atoms with Crippen molar-refractivity contribution in [3.63, 3.8) is 0 Å². The molecule has 0 spiro atoms. The molecule has 21 heteroatoms. The van der Waals surface area contributed by atoms with Crippen molar-refractivity contribution in [2.45, 2.75) is 84.0 Å². The predicted molar refractivity (Wildman–Crippen MR) is 258 cm³/mol. The number of rotatable bonds is 15. The molecule has 2 aliphatic carbocycles. The third-order valence-corrected chi connectivity index (χ3v) is 13.4. The molecule has 2 aromatic heterocycles. The molecule has 0 bridgehead atoms. The van der Waals surface area contributed by atoms with Gasteiger partial charge in [0.1, 0.15) is 6.10 Å². The van der Waals surface area contributed by atoms with Crippen LogP contribution in [0.4, 0.5) is 28.4 Å². The van der Waals surface area contributed by atoms with Gasteiger partial charge in [0, 0.05) is 68.5 Å². The number of aromatic nitrogens is 3. The van der Waals surface area contributed by atoms with Crippen LogP contribution < -0.4 is 35.3 Å². The van der Waals surface area contributed by atoms with Gasteiger partial charge in [0.05, 0.1) is 50.0 Å². The van der Waals surface area contributed by atoms with Crippen molar-refractivity contribution in [2.24, 2.45) is 11.1 Å².